The minimum absolute atomic E-state index is 0.0422. The first-order chi connectivity index (χ1) is 11.4. The van der Waals surface area contributed by atoms with Crippen LogP contribution in [0.15, 0.2) is 18.2 Å². The van der Waals surface area contributed by atoms with Gasteiger partial charge >= 0.3 is 6.03 Å². The number of rotatable bonds is 2. The Hall–Kier alpha value is -1.75. The maximum Gasteiger partial charge on any atom is 0.321 e. The molecule has 1 atom stereocenters. The van der Waals surface area contributed by atoms with Crippen molar-refractivity contribution in [2.45, 2.75) is 32.6 Å². The van der Waals surface area contributed by atoms with Crippen molar-refractivity contribution in [3.05, 3.63) is 28.8 Å². The van der Waals surface area contributed by atoms with Crippen LogP contribution in [0.25, 0.3) is 0 Å². The second-order valence-electron chi connectivity index (χ2n) is 7.03. The average Bonchev–Trinajstić information content (AvgIpc) is 3.17. The predicted octanol–water partition coefficient (Wildman–Crippen LogP) is 3.42. The van der Waals surface area contributed by atoms with Gasteiger partial charge in [0, 0.05) is 25.6 Å². The Balaban J connectivity index is 1.75. The van der Waals surface area contributed by atoms with Gasteiger partial charge in [-0.15, -0.1) is 0 Å². The van der Waals surface area contributed by atoms with Gasteiger partial charge in [-0.3, -0.25) is 4.79 Å². The molecule has 1 spiro atoms. The monoisotopic (exact) mass is 349 g/mol. The van der Waals surface area contributed by atoms with Crippen molar-refractivity contribution in [3.8, 4) is 0 Å². The number of hydrogen-bond acceptors (Lipinski definition) is 2. The molecule has 1 aromatic rings. The van der Waals surface area contributed by atoms with Crippen LogP contribution >= 0.6 is 11.6 Å². The van der Waals surface area contributed by atoms with Gasteiger partial charge in [0.1, 0.15) is 0 Å². The van der Waals surface area contributed by atoms with Crippen molar-refractivity contribution >= 4 is 29.2 Å². The lowest BCUT2D eigenvalue weighted by atomic mass is 9.76. The number of likely N-dealkylation sites (tertiary alicyclic amines) is 1. The Kier molecular flexibility index (Phi) is 4.72. The highest BCUT2D eigenvalue weighted by Gasteiger charge is 2.52. The number of urea groups is 1. The second kappa shape index (κ2) is 6.63. The minimum atomic E-state index is -0.182. The molecular formula is C18H24ClN3O2. The largest absolute Gasteiger partial charge is 0.359 e. The topological polar surface area (TPSA) is 61.4 Å². The molecule has 0 unspecified atom stereocenters. The van der Waals surface area contributed by atoms with Gasteiger partial charge in [0.25, 0.3) is 0 Å². The fourth-order valence-electron chi connectivity index (χ4n) is 4.16. The number of carbonyl (C=O) groups excluding carboxylic acids is 2. The number of nitrogens with one attached hydrogen (secondary N) is 2. The van der Waals surface area contributed by atoms with Crippen LogP contribution in [-0.2, 0) is 4.79 Å². The summed E-state index contributed by atoms with van der Waals surface area (Å²) in [6.07, 6.45) is 4.29. The summed E-state index contributed by atoms with van der Waals surface area (Å²) in [5.74, 6) is -0.0789. The summed E-state index contributed by atoms with van der Waals surface area (Å²) in [6.45, 7) is 3.06. The normalized spacial score (nSPS) is 22.0. The van der Waals surface area contributed by atoms with Crippen molar-refractivity contribution in [3.63, 3.8) is 0 Å². The van der Waals surface area contributed by atoms with Gasteiger partial charge in [-0.2, -0.15) is 0 Å². The zero-order valence-corrected chi connectivity index (χ0v) is 14.9. The Morgan fingerprint density at radius 3 is 2.62 bits per heavy atom. The van der Waals surface area contributed by atoms with Crippen LogP contribution < -0.4 is 10.6 Å². The van der Waals surface area contributed by atoms with E-state index in [1.165, 1.54) is 0 Å². The van der Waals surface area contributed by atoms with Gasteiger partial charge in [-0.1, -0.05) is 30.5 Å². The lowest BCUT2D eigenvalue weighted by Gasteiger charge is -2.28. The number of hydrogen-bond donors (Lipinski definition) is 2. The molecule has 3 rings (SSSR count). The molecule has 2 N–H and O–H groups in total. The second-order valence-corrected chi connectivity index (χ2v) is 7.44. The molecule has 3 amide bonds. The molecule has 1 aliphatic heterocycles. The standard InChI is InChI=1S/C18H24ClN3O2/c1-12-5-6-15(14(19)9-12)21-17(24)22-10-13(16(23)20-2)18(11-22)7-3-4-8-18/h5-6,9,13H,3-4,7-8,10-11H2,1-2H3,(H,20,23)(H,21,24)/t13-/m1/s1. The smallest absolute Gasteiger partial charge is 0.321 e. The molecule has 2 aliphatic rings. The summed E-state index contributed by atoms with van der Waals surface area (Å²) in [6, 6.07) is 5.37. The van der Waals surface area contributed by atoms with Crippen LogP contribution in [0.2, 0.25) is 5.02 Å². The van der Waals surface area contributed by atoms with Crippen molar-refractivity contribution in [1.82, 2.24) is 10.2 Å². The van der Waals surface area contributed by atoms with Crippen LogP contribution in [0.1, 0.15) is 31.2 Å². The van der Waals surface area contributed by atoms with Crippen LogP contribution in [-0.4, -0.2) is 37.0 Å². The third-order valence-electron chi connectivity index (χ3n) is 5.46. The molecule has 0 radical (unpaired) electrons. The summed E-state index contributed by atoms with van der Waals surface area (Å²) in [7, 11) is 1.67. The van der Waals surface area contributed by atoms with Gasteiger partial charge in [0.15, 0.2) is 0 Å². The summed E-state index contributed by atoms with van der Waals surface area (Å²) < 4.78 is 0. The molecule has 1 heterocycles. The Labute approximate surface area is 147 Å². The van der Waals surface area contributed by atoms with E-state index in [1.807, 2.05) is 25.1 Å². The number of anilines is 1. The first kappa shape index (κ1) is 17.1. The van der Waals surface area contributed by atoms with Crippen LogP contribution in [0, 0.1) is 18.3 Å². The fraction of sp³-hybridized carbons (Fsp3) is 0.556. The molecule has 0 bridgehead atoms. The average molecular weight is 350 g/mol. The Morgan fingerprint density at radius 1 is 1.29 bits per heavy atom. The zero-order chi connectivity index (χ0) is 17.3. The molecule has 2 fully saturated rings. The fourth-order valence-corrected chi connectivity index (χ4v) is 4.44. The van der Waals surface area contributed by atoms with Gasteiger partial charge < -0.3 is 15.5 Å². The van der Waals surface area contributed by atoms with Crippen molar-refractivity contribution < 1.29 is 9.59 Å². The number of aryl methyl sites for hydroxylation is 1. The number of nitrogens with zero attached hydrogens (tertiary/aromatic N) is 1. The van der Waals surface area contributed by atoms with Gasteiger partial charge in [0.05, 0.1) is 16.6 Å². The molecule has 130 valence electrons. The van der Waals surface area contributed by atoms with Gasteiger partial charge in [-0.25, -0.2) is 4.79 Å². The highest BCUT2D eigenvalue weighted by Crippen LogP contribution is 2.49. The molecule has 24 heavy (non-hydrogen) atoms. The predicted molar refractivity (Wildman–Crippen MR) is 95.2 cm³/mol. The SMILES string of the molecule is CNC(=O)[C@H]1CN(C(=O)Nc2ccc(C)cc2Cl)CC12CCCC2. The third-order valence-corrected chi connectivity index (χ3v) is 5.78. The van der Waals surface area contributed by atoms with Crippen LogP contribution in [0.4, 0.5) is 10.5 Å². The van der Waals surface area contributed by atoms with E-state index in [1.54, 1.807) is 11.9 Å². The minimum Gasteiger partial charge on any atom is -0.359 e. The number of amides is 3. The summed E-state index contributed by atoms with van der Waals surface area (Å²) in [5.41, 5.74) is 1.59. The highest BCUT2D eigenvalue weighted by atomic mass is 35.5. The van der Waals surface area contributed by atoms with E-state index in [9.17, 15) is 9.59 Å². The van der Waals surface area contributed by atoms with E-state index in [0.29, 0.717) is 23.8 Å². The maximum atomic E-state index is 12.7. The van der Waals surface area contributed by atoms with E-state index in [2.05, 4.69) is 10.6 Å². The van der Waals surface area contributed by atoms with E-state index in [-0.39, 0.29) is 23.3 Å². The molecular weight excluding hydrogens is 326 g/mol. The van der Waals surface area contributed by atoms with Gasteiger partial charge in [0.2, 0.25) is 5.91 Å². The summed E-state index contributed by atoms with van der Waals surface area (Å²) in [5, 5.41) is 6.18. The Morgan fingerprint density at radius 2 is 2.00 bits per heavy atom. The first-order valence-corrected chi connectivity index (χ1v) is 8.87. The number of carbonyl (C=O) groups is 2. The molecule has 5 nitrogen and oxygen atoms in total. The molecule has 0 aromatic heterocycles. The van der Waals surface area contributed by atoms with E-state index >= 15 is 0 Å². The van der Waals surface area contributed by atoms with Crippen molar-refractivity contribution in [1.29, 1.82) is 0 Å². The number of benzene rings is 1. The van der Waals surface area contributed by atoms with E-state index in [4.69, 9.17) is 11.6 Å². The summed E-state index contributed by atoms with van der Waals surface area (Å²) >= 11 is 6.21. The van der Waals surface area contributed by atoms with E-state index < -0.39 is 0 Å². The Bertz CT molecular complexity index is 656. The number of halogens is 1. The first-order valence-electron chi connectivity index (χ1n) is 8.49. The third kappa shape index (κ3) is 3.09. The lowest BCUT2D eigenvalue weighted by molar-refractivity contribution is -0.127. The molecule has 1 aromatic carbocycles. The highest BCUT2D eigenvalue weighted by molar-refractivity contribution is 6.33. The van der Waals surface area contributed by atoms with Crippen molar-refractivity contribution in [2.75, 3.05) is 25.5 Å². The lowest BCUT2D eigenvalue weighted by Crippen LogP contribution is -2.38. The maximum absolute atomic E-state index is 12.7. The molecule has 6 heteroatoms. The molecule has 1 saturated heterocycles. The molecule has 1 saturated carbocycles. The summed E-state index contributed by atoms with van der Waals surface area (Å²) in [4.78, 5) is 26.7. The molecule has 1 aliphatic carbocycles. The van der Waals surface area contributed by atoms with Crippen LogP contribution in [0.5, 0.6) is 0 Å². The quantitative estimate of drug-likeness (QED) is 0.859. The zero-order valence-electron chi connectivity index (χ0n) is 14.2. The van der Waals surface area contributed by atoms with Crippen molar-refractivity contribution in [2.24, 2.45) is 11.3 Å². The van der Waals surface area contributed by atoms with Crippen LogP contribution in [0.3, 0.4) is 0 Å². The van der Waals surface area contributed by atoms with Gasteiger partial charge in [-0.05, 0) is 37.5 Å². The van der Waals surface area contributed by atoms with E-state index in [0.717, 1.165) is 31.2 Å².